The van der Waals surface area contributed by atoms with E-state index in [-0.39, 0.29) is 11.8 Å². The number of ketones is 1. The van der Waals surface area contributed by atoms with E-state index in [4.69, 9.17) is 10.5 Å². The third-order valence-corrected chi connectivity index (χ3v) is 3.51. The molecular formula is C11H19NO2. The van der Waals surface area contributed by atoms with Crippen LogP contribution in [0.5, 0.6) is 0 Å². The zero-order chi connectivity index (χ0) is 9.97. The molecule has 0 aromatic carbocycles. The van der Waals surface area contributed by atoms with E-state index in [1.165, 1.54) is 0 Å². The summed E-state index contributed by atoms with van der Waals surface area (Å²) in [5.74, 6) is 0.908. The summed E-state index contributed by atoms with van der Waals surface area (Å²) in [4.78, 5) is 12.0. The van der Waals surface area contributed by atoms with Gasteiger partial charge in [0.15, 0.2) is 0 Å². The molecule has 2 fully saturated rings. The summed E-state index contributed by atoms with van der Waals surface area (Å²) in [6, 6.07) is 0.332. The zero-order valence-electron chi connectivity index (χ0n) is 8.58. The summed E-state index contributed by atoms with van der Waals surface area (Å²) in [6.07, 6.45) is 4.96. The average Bonchev–Trinajstić information content (AvgIpc) is 2.71. The Balaban J connectivity index is 1.85. The molecule has 0 amide bonds. The summed E-state index contributed by atoms with van der Waals surface area (Å²) in [5, 5.41) is 0. The van der Waals surface area contributed by atoms with Crippen molar-refractivity contribution in [2.75, 3.05) is 13.2 Å². The monoisotopic (exact) mass is 197 g/mol. The number of hydrogen-bond acceptors (Lipinski definition) is 3. The van der Waals surface area contributed by atoms with Crippen LogP contribution in [0.4, 0.5) is 0 Å². The summed E-state index contributed by atoms with van der Waals surface area (Å²) in [6.45, 7) is 1.42. The molecule has 0 aromatic rings. The van der Waals surface area contributed by atoms with Gasteiger partial charge >= 0.3 is 0 Å². The van der Waals surface area contributed by atoms with Gasteiger partial charge in [-0.2, -0.15) is 0 Å². The second-order valence-electron chi connectivity index (χ2n) is 4.57. The van der Waals surface area contributed by atoms with Crippen molar-refractivity contribution >= 4 is 5.78 Å². The Kier molecular flexibility index (Phi) is 3.19. The van der Waals surface area contributed by atoms with Crippen molar-refractivity contribution in [2.45, 2.75) is 38.1 Å². The highest BCUT2D eigenvalue weighted by Crippen LogP contribution is 2.28. The van der Waals surface area contributed by atoms with Gasteiger partial charge in [0, 0.05) is 24.5 Å². The predicted octanol–water partition coefficient (Wildman–Crippen LogP) is 1.11. The van der Waals surface area contributed by atoms with Crippen molar-refractivity contribution in [3.63, 3.8) is 0 Å². The van der Waals surface area contributed by atoms with Crippen molar-refractivity contribution in [1.82, 2.24) is 0 Å². The van der Waals surface area contributed by atoms with Gasteiger partial charge in [0.25, 0.3) is 0 Å². The molecule has 0 bridgehead atoms. The molecule has 14 heavy (non-hydrogen) atoms. The minimum absolute atomic E-state index is 0.189. The summed E-state index contributed by atoms with van der Waals surface area (Å²) >= 11 is 0. The third kappa shape index (κ3) is 2.15. The second kappa shape index (κ2) is 4.41. The highest BCUT2D eigenvalue weighted by Gasteiger charge is 2.31. The van der Waals surface area contributed by atoms with Crippen LogP contribution in [0, 0.1) is 11.8 Å². The smallest absolute Gasteiger partial charge is 0.141 e. The molecule has 1 saturated heterocycles. The maximum atomic E-state index is 12.0. The van der Waals surface area contributed by atoms with Crippen molar-refractivity contribution in [2.24, 2.45) is 17.6 Å². The van der Waals surface area contributed by atoms with Crippen LogP contribution in [0.15, 0.2) is 0 Å². The second-order valence-corrected chi connectivity index (χ2v) is 4.57. The lowest BCUT2D eigenvalue weighted by Crippen LogP contribution is -2.32. The van der Waals surface area contributed by atoms with Crippen LogP contribution in [0.1, 0.15) is 32.1 Å². The fraction of sp³-hybridized carbons (Fsp3) is 0.909. The van der Waals surface area contributed by atoms with Gasteiger partial charge in [0.2, 0.25) is 0 Å². The van der Waals surface area contributed by atoms with Gasteiger partial charge in [-0.05, 0) is 32.1 Å². The van der Waals surface area contributed by atoms with Gasteiger partial charge in [0.1, 0.15) is 5.78 Å². The molecule has 1 unspecified atom stereocenters. The van der Waals surface area contributed by atoms with Gasteiger partial charge in [-0.25, -0.2) is 0 Å². The van der Waals surface area contributed by atoms with Crippen LogP contribution in [-0.4, -0.2) is 25.0 Å². The number of rotatable bonds is 2. The Morgan fingerprint density at radius 1 is 1.07 bits per heavy atom. The Labute approximate surface area is 85.0 Å². The Morgan fingerprint density at radius 2 is 1.79 bits per heavy atom. The van der Waals surface area contributed by atoms with Crippen LogP contribution < -0.4 is 5.73 Å². The molecule has 0 radical (unpaired) electrons. The number of carbonyl (C=O) groups is 1. The first-order valence-corrected chi connectivity index (χ1v) is 5.64. The molecule has 2 aliphatic rings. The molecule has 2 N–H and O–H groups in total. The van der Waals surface area contributed by atoms with Crippen LogP contribution in [0.2, 0.25) is 0 Å². The fourth-order valence-electron chi connectivity index (χ4n) is 2.50. The van der Waals surface area contributed by atoms with Crippen LogP contribution in [-0.2, 0) is 9.53 Å². The average molecular weight is 197 g/mol. The van der Waals surface area contributed by atoms with Crippen molar-refractivity contribution in [3.8, 4) is 0 Å². The van der Waals surface area contributed by atoms with E-state index in [0.29, 0.717) is 18.4 Å². The first-order chi connectivity index (χ1) is 6.77. The molecule has 3 heteroatoms. The topological polar surface area (TPSA) is 52.3 Å². The molecule has 0 aromatic heterocycles. The molecule has 2 rings (SSSR count). The largest absolute Gasteiger partial charge is 0.381 e. The van der Waals surface area contributed by atoms with Gasteiger partial charge in [-0.15, -0.1) is 0 Å². The van der Waals surface area contributed by atoms with E-state index >= 15 is 0 Å². The Morgan fingerprint density at radius 3 is 2.36 bits per heavy atom. The Hall–Kier alpha value is -0.410. The van der Waals surface area contributed by atoms with Gasteiger partial charge in [0.05, 0.1) is 6.61 Å². The quantitative estimate of drug-likeness (QED) is 0.721. The summed E-state index contributed by atoms with van der Waals surface area (Å²) < 4.78 is 5.24. The van der Waals surface area contributed by atoms with Crippen LogP contribution >= 0.6 is 0 Å². The molecule has 1 atom stereocenters. The molecule has 1 aliphatic heterocycles. The number of hydrogen-bond donors (Lipinski definition) is 1. The first kappa shape index (κ1) is 10.1. The van der Waals surface area contributed by atoms with Crippen molar-refractivity contribution in [1.29, 1.82) is 0 Å². The van der Waals surface area contributed by atoms with Gasteiger partial charge < -0.3 is 10.5 Å². The van der Waals surface area contributed by atoms with Gasteiger partial charge in [-0.1, -0.05) is 0 Å². The van der Waals surface area contributed by atoms with E-state index in [9.17, 15) is 4.79 Å². The lowest BCUT2D eigenvalue weighted by atomic mass is 9.80. The molecular weight excluding hydrogens is 178 g/mol. The maximum absolute atomic E-state index is 12.0. The molecule has 1 aliphatic carbocycles. The number of carbonyl (C=O) groups excluding carboxylic acids is 1. The van der Waals surface area contributed by atoms with E-state index in [1.807, 2.05) is 0 Å². The van der Waals surface area contributed by atoms with Crippen LogP contribution in [0.25, 0.3) is 0 Å². The minimum Gasteiger partial charge on any atom is -0.381 e. The first-order valence-electron chi connectivity index (χ1n) is 5.64. The highest BCUT2D eigenvalue weighted by molar-refractivity contribution is 5.83. The molecule has 80 valence electrons. The number of ether oxygens (including phenoxy) is 1. The van der Waals surface area contributed by atoms with E-state index in [0.717, 1.165) is 38.7 Å². The fourth-order valence-corrected chi connectivity index (χ4v) is 2.50. The highest BCUT2D eigenvalue weighted by atomic mass is 16.5. The van der Waals surface area contributed by atoms with E-state index in [1.54, 1.807) is 0 Å². The molecule has 0 spiro atoms. The SMILES string of the molecule is NC1CCC(C(=O)C2CCOC2)CC1. The molecule has 3 nitrogen and oxygen atoms in total. The van der Waals surface area contributed by atoms with Crippen molar-refractivity contribution < 1.29 is 9.53 Å². The molecule has 1 heterocycles. The molecule has 1 saturated carbocycles. The lowest BCUT2D eigenvalue weighted by molar-refractivity contribution is -0.127. The number of nitrogens with two attached hydrogens (primary N) is 1. The summed E-state index contributed by atoms with van der Waals surface area (Å²) in [7, 11) is 0. The Bertz CT molecular complexity index is 203. The van der Waals surface area contributed by atoms with Crippen LogP contribution in [0.3, 0.4) is 0 Å². The maximum Gasteiger partial charge on any atom is 0.141 e. The minimum atomic E-state index is 0.189. The third-order valence-electron chi connectivity index (χ3n) is 3.51. The standard InChI is InChI=1S/C11H19NO2/c12-10-3-1-8(2-4-10)11(13)9-5-6-14-7-9/h8-10H,1-7,12H2. The number of Topliss-reactive ketones (excluding diaryl/α,β-unsaturated/α-hetero) is 1. The van der Waals surface area contributed by atoms with E-state index in [2.05, 4.69) is 0 Å². The lowest BCUT2D eigenvalue weighted by Gasteiger charge is -2.26. The normalized spacial score (nSPS) is 38.5. The van der Waals surface area contributed by atoms with E-state index < -0.39 is 0 Å². The predicted molar refractivity (Wildman–Crippen MR) is 53.9 cm³/mol. The van der Waals surface area contributed by atoms with Crippen molar-refractivity contribution in [3.05, 3.63) is 0 Å². The van der Waals surface area contributed by atoms with Gasteiger partial charge in [-0.3, -0.25) is 4.79 Å². The zero-order valence-corrected chi connectivity index (χ0v) is 8.58. The summed E-state index contributed by atoms with van der Waals surface area (Å²) in [5.41, 5.74) is 5.81.